The van der Waals surface area contributed by atoms with Crippen LogP contribution in [-0.4, -0.2) is 70.3 Å². The number of carbonyl (C=O) groups is 2. The van der Waals surface area contributed by atoms with E-state index in [9.17, 15) is 14.7 Å². The molecule has 4 rings (SSSR count). The van der Waals surface area contributed by atoms with Crippen LogP contribution in [0.15, 0.2) is 79.2 Å². The minimum Gasteiger partial charge on any atom is -0.488 e. The Labute approximate surface area is 276 Å². The monoisotopic (exact) mass is 665 g/mol. The number of ether oxygens (including phenoxy) is 3. The second-order valence-corrected chi connectivity index (χ2v) is 11.8. The van der Waals surface area contributed by atoms with Crippen molar-refractivity contribution in [1.82, 2.24) is 10.3 Å². The van der Waals surface area contributed by atoms with Gasteiger partial charge in [0.1, 0.15) is 41.3 Å². The number of aldehydes is 1. The van der Waals surface area contributed by atoms with Crippen molar-refractivity contribution in [2.45, 2.75) is 36.5 Å². The van der Waals surface area contributed by atoms with Crippen LogP contribution in [0.1, 0.15) is 40.4 Å². The van der Waals surface area contributed by atoms with Crippen molar-refractivity contribution >= 4 is 41.0 Å². The number of alkyl halides is 1. The van der Waals surface area contributed by atoms with Gasteiger partial charge in [-0.1, -0.05) is 54.1 Å². The van der Waals surface area contributed by atoms with Gasteiger partial charge in [0.05, 0.1) is 41.9 Å². The van der Waals surface area contributed by atoms with Crippen LogP contribution in [0.3, 0.4) is 0 Å². The topological polar surface area (TPSA) is 151 Å². The molecule has 46 heavy (non-hydrogen) atoms. The molecule has 1 aliphatic carbocycles. The maximum absolute atomic E-state index is 12.4. The summed E-state index contributed by atoms with van der Waals surface area (Å²) in [7, 11) is 0. The van der Waals surface area contributed by atoms with Crippen molar-refractivity contribution < 1.29 is 34.0 Å². The highest BCUT2D eigenvalue weighted by Crippen LogP contribution is 2.47. The molecule has 240 valence electrons. The number of hydrogen-bond donors (Lipinski definition) is 3. The number of allylic oxidation sites excluding steroid dienone is 2. The summed E-state index contributed by atoms with van der Waals surface area (Å²) in [5.74, 6) is 0.0102. The lowest BCUT2D eigenvalue weighted by Crippen LogP contribution is -2.55. The van der Waals surface area contributed by atoms with Gasteiger partial charge in [0.2, 0.25) is 5.91 Å². The van der Waals surface area contributed by atoms with E-state index in [1.54, 1.807) is 25.3 Å². The second-order valence-electron chi connectivity index (χ2n) is 10.6. The van der Waals surface area contributed by atoms with Crippen LogP contribution in [0.2, 0.25) is 5.02 Å². The molecule has 1 amide bonds. The fourth-order valence-electron chi connectivity index (χ4n) is 4.80. The van der Waals surface area contributed by atoms with Crippen LogP contribution in [0, 0.1) is 11.3 Å². The SMILES string of the molecule is CC1(Cl)C(c2ccccc2)=CC=CC1(COc1cc(OCc2cncc(C#N)c2)c(C=O)cc1Cl)OCCC(=O)NCC(O)CO. The van der Waals surface area contributed by atoms with Crippen LogP contribution in [0.4, 0.5) is 0 Å². The van der Waals surface area contributed by atoms with Gasteiger partial charge in [0.25, 0.3) is 0 Å². The molecule has 0 saturated carbocycles. The minimum atomic E-state index is -1.31. The van der Waals surface area contributed by atoms with Gasteiger partial charge >= 0.3 is 0 Å². The van der Waals surface area contributed by atoms with Crippen molar-refractivity contribution in [3.05, 3.63) is 106 Å². The number of nitrogens with one attached hydrogen (secondary N) is 1. The number of rotatable bonds is 15. The molecule has 3 N–H and O–H groups in total. The summed E-state index contributed by atoms with van der Waals surface area (Å²) in [5.41, 5.74) is 1.51. The molecule has 0 radical (unpaired) electrons. The predicted molar refractivity (Wildman–Crippen MR) is 173 cm³/mol. The van der Waals surface area contributed by atoms with Crippen molar-refractivity contribution in [2.75, 3.05) is 26.4 Å². The number of aromatic nitrogens is 1. The first-order chi connectivity index (χ1) is 22.1. The van der Waals surface area contributed by atoms with E-state index in [0.717, 1.165) is 11.1 Å². The molecule has 1 aromatic heterocycles. The second kappa shape index (κ2) is 15.9. The normalized spacial score (nSPS) is 19.4. The average molecular weight is 667 g/mol. The third-order valence-electron chi connectivity index (χ3n) is 7.40. The summed E-state index contributed by atoms with van der Waals surface area (Å²) in [6.07, 6.45) is 7.94. The standard InChI is InChI=1S/C34H33Cl2N3O7/c1-33(36)28(25-6-3-2-4-7-25)8-5-10-34(33,46-11-9-32(43)39-18-27(42)20-41)22-45-31-14-30(26(19-40)13-29(31)35)44-21-24-12-23(15-37)16-38-17-24/h2-8,10,12-14,16-17,19,27,41-42H,9,11,18,20-22H2,1H3,(H,39,43). The molecule has 0 fully saturated rings. The molecule has 3 aromatic rings. The van der Waals surface area contributed by atoms with Gasteiger partial charge in [0.15, 0.2) is 6.29 Å². The summed E-state index contributed by atoms with van der Waals surface area (Å²) in [5, 5.41) is 30.4. The van der Waals surface area contributed by atoms with E-state index in [1.165, 1.54) is 18.3 Å². The Morgan fingerprint density at radius 1 is 1.17 bits per heavy atom. The smallest absolute Gasteiger partial charge is 0.222 e. The van der Waals surface area contributed by atoms with E-state index in [2.05, 4.69) is 10.3 Å². The average Bonchev–Trinajstić information content (AvgIpc) is 3.07. The number of hydrogen-bond acceptors (Lipinski definition) is 9. The first-order valence-electron chi connectivity index (χ1n) is 14.3. The first kappa shape index (κ1) is 34.6. The molecule has 3 unspecified atom stereocenters. The number of amides is 1. The number of pyridine rings is 1. The van der Waals surface area contributed by atoms with Crippen molar-refractivity contribution in [3.63, 3.8) is 0 Å². The zero-order valence-corrected chi connectivity index (χ0v) is 26.5. The van der Waals surface area contributed by atoms with Crippen LogP contribution >= 0.6 is 23.2 Å². The molecule has 12 heteroatoms. The third-order valence-corrected chi connectivity index (χ3v) is 8.22. The number of halogens is 2. The largest absolute Gasteiger partial charge is 0.488 e. The maximum atomic E-state index is 12.4. The summed E-state index contributed by atoms with van der Waals surface area (Å²) < 4.78 is 18.5. The van der Waals surface area contributed by atoms with Gasteiger partial charge in [-0.25, -0.2) is 0 Å². The number of nitriles is 1. The summed E-state index contributed by atoms with van der Waals surface area (Å²) >= 11 is 13.9. The summed E-state index contributed by atoms with van der Waals surface area (Å²) in [4.78, 5) is 27.1. The molecule has 0 bridgehead atoms. The third kappa shape index (κ3) is 8.31. The van der Waals surface area contributed by atoms with Crippen molar-refractivity contribution in [3.8, 4) is 17.6 Å². The van der Waals surface area contributed by atoms with Gasteiger partial charge in [-0.05, 0) is 36.3 Å². The number of nitrogens with zero attached hydrogens (tertiary/aromatic N) is 2. The quantitative estimate of drug-likeness (QED) is 0.156. The van der Waals surface area contributed by atoms with E-state index in [-0.39, 0.29) is 60.8 Å². The summed E-state index contributed by atoms with van der Waals surface area (Å²) in [6, 6.07) is 16.1. The Balaban J connectivity index is 1.58. The fraction of sp³-hybridized carbons (Fsp3) is 0.294. The zero-order valence-electron chi connectivity index (χ0n) is 25.0. The highest BCUT2D eigenvalue weighted by atomic mass is 35.5. The van der Waals surface area contributed by atoms with Crippen molar-refractivity contribution in [1.29, 1.82) is 5.26 Å². The number of aliphatic hydroxyl groups excluding tert-OH is 2. The van der Waals surface area contributed by atoms with Crippen LogP contribution in [0.25, 0.3) is 5.57 Å². The lowest BCUT2D eigenvalue weighted by Gasteiger charge is -2.45. The molecule has 1 aliphatic rings. The lowest BCUT2D eigenvalue weighted by atomic mass is 9.76. The molecular weight excluding hydrogens is 633 g/mol. The molecule has 3 atom stereocenters. The van der Waals surface area contributed by atoms with Gasteiger partial charge < -0.3 is 29.7 Å². The first-order valence-corrected chi connectivity index (χ1v) is 15.1. The molecule has 0 saturated heterocycles. The Morgan fingerprint density at radius 3 is 2.67 bits per heavy atom. The van der Waals surface area contributed by atoms with E-state index < -0.39 is 23.2 Å². The van der Waals surface area contributed by atoms with Gasteiger partial charge in [-0.15, -0.1) is 11.6 Å². The van der Waals surface area contributed by atoms with Gasteiger partial charge in [-0.2, -0.15) is 5.26 Å². The Kier molecular flexibility index (Phi) is 11.9. The Morgan fingerprint density at radius 2 is 1.96 bits per heavy atom. The van der Waals surface area contributed by atoms with E-state index in [4.69, 9.17) is 47.8 Å². The number of carbonyl (C=O) groups excluding carboxylic acids is 2. The van der Waals surface area contributed by atoms with Crippen LogP contribution < -0.4 is 14.8 Å². The zero-order chi connectivity index (χ0) is 33.2. The molecule has 10 nitrogen and oxygen atoms in total. The minimum absolute atomic E-state index is 0.0304. The lowest BCUT2D eigenvalue weighted by molar-refractivity contribution is -0.125. The van der Waals surface area contributed by atoms with Gasteiger partial charge in [-0.3, -0.25) is 14.6 Å². The summed E-state index contributed by atoms with van der Waals surface area (Å²) in [6.45, 7) is 1.05. The number of aliphatic hydroxyl groups is 2. The molecule has 0 spiro atoms. The Bertz CT molecular complexity index is 1640. The number of benzene rings is 2. The molecule has 0 aliphatic heterocycles. The predicted octanol–water partition coefficient (Wildman–Crippen LogP) is 4.64. The molecular formula is C34H33Cl2N3O7. The van der Waals surface area contributed by atoms with Crippen molar-refractivity contribution in [2.24, 2.45) is 0 Å². The van der Waals surface area contributed by atoms with Crippen LogP contribution in [0.5, 0.6) is 11.5 Å². The highest BCUT2D eigenvalue weighted by molar-refractivity contribution is 6.32. The Hall–Kier alpha value is -4.24. The highest BCUT2D eigenvalue weighted by Gasteiger charge is 2.51. The van der Waals surface area contributed by atoms with E-state index >= 15 is 0 Å². The van der Waals surface area contributed by atoms with Crippen LogP contribution in [-0.2, 0) is 16.1 Å². The molecule has 1 heterocycles. The fourth-order valence-corrected chi connectivity index (χ4v) is 5.37. The van der Waals surface area contributed by atoms with Gasteiger partial charge in [0, 0.05) is 30.6 Å². The maximum Gasteiger partial charge on any atom is 0.222 e. The van der Waals surface area contributed by atoms with E-state index in [1.807, 2.05) is 48.6 Å². The van der Waals surface area contributed by atoms with E-state index in [0.29, 0.717) is 17.4 Å². The molecule has 2 aromatic carbocycles.